The summed E-state index contributed by atoms with van der Waals surface area (Å²) in [5.41, 5.74) is 0.223. The summed E-state index contributed by atoms with van der Waals surface area (Å²) in [5, 5.41) is 14.1. The van der Waals surface area contributed by atoms with Crippen LogP contribution >= 0.6 is 8.20 Å². The van der Waals surface area contributed by atoms with Gasteiger partial charge in [-0.3, -0.25) is 0 Å². The van der Waals surface area contributed by atoms with E-state index in [1.165, 1.54) is 14.2 Å². The normalized spacial score (nSPS) is 11.3. The fourth-order valence-corrected chi connectivity index (χ4v) is 4.19. The van der Waals surface area contributed by atoms with Crippen LogP contribution in [-0.2, 0) is 0 Å². The van der Waals surface area contributed by atoms with Crippen LogP contribution in [0.4, 0.5) is 0 Å². The van der Waals surface area contributed by atoms with Crippen molar-refractivity contribution in [2.45, 2.75) is 52.4 Å². The molecule has 0 aromatic heterocycles. The Morgan fingerprint density at radius 3 is 1.85 bits per heavy atom. The molecule has 2 rings (SSSR count). The molecule has 0 heterocycles. The minimum Gasteiger partial charge on any atom is -0.823 e. The quantitative estimate of drug-likeness (QED) is 0.268. The number of rotatable bonds is 15. The van der Waals surface area contributed by atoms with Gasteiger partial charge in [-0.2, -0.15) is 0 Å². The molecule has 0 aliphatic carbocycles. The first-order valence-corrected chi connectivity index (χ1v) is 12.4. The minimum absolute atomic E-state index is 0.152. The van der Waals surface area contributed by atoms with E-state index in [2.05, 4.69) is 13.8 Å². The monoisotopic (exact) mass is 475 g/mol. The van der Waals surface area contributed by atoms with E-state index in [0.717, 1.165) is 49.6 Å². The summed E-state index contributed by atoms with van der Waals surface area (Å²) in [4.78, 5) is 0. The first-order valence-electron chi connectivity index (χ1n) is 11.5. The lowest BCUT2D eigenvalue weighted by molar-refractivity contribution is -0.207. The van der Waals surface area contributed by atoms with Gasteiger partial charge in [-0.15, -0.1) is 0 Å². The molecule has 0 aliphatic rings. The van der Waals surface area contributed by atoms with E-state index in [1.807, 2.05) is 18.2 Å². The zero-order valence-electron chi connectivity index (χ0n) is 20.4. The summed E-state index contributed by atoms with van der Waals surface area (Å²) < 4.78 is 28.2. The predicted octanol–water partition coefficient (Wildman–Crippen LogP) is 4.96. The number of benzene rings is 2. The molecule has 0 saturated heterocycles. The summed E-state index contributed by atoms with van der Waals surface area (Å²) in [7, 11) is 5.06. The van der Waals surface area contributed by atoms with Gasteiger partial charge in [0.2, 0.25) is 0 Å². The molecule has 33 heavy (non-hydrogen) atoms. The molecule has 0 atom stereocenters. The van der Waals surface area contributed by atoms with Crippen molar-refractivity contribution < 1.29 is 28.8 Å². The third kappa shape index (κ3) is 8.13. The maximum absolute atomic E-state index is 13.3. The standard InChI is InChI=1S/C26H37O6P/c1-6-8-10-14-31-19-12-13-24(21(16-19)32-15-11-9-7-2)33-26(27)25-22(29-4)17-20(28-3)18-23(25)30-5/h12-13,16-18,27H,6-11,14-15H2,1-5H3/p-1. The van der Waals surface area contributed by atoms with Crippen LogP contribution < -0.4 is 34.1 Å². The van der Waals surface area contributed by atoms with Gasteiger partial charge in [0.25, 0.3) is 0 Å². The maximum atomic E-state index is 13.3. The minimum atomic E-state index is -0.152. The summed E-state index contributed by atoms with van der Waals surface area (Å²) in [6.07, 6.45) is 6.47. The van der Waals surface area contributed by atoms with Crippen molar-refractivity contribution in [1.29, 1.82) is 0 Å². The highest BCUT2D eigenvalue weighted by Crippen LogP contribution is 2.35. The van der Waals surface area contributed by atoms with E-state index >= 15 is 0 Å². The average molecular weight is 476 g/mol. The van der Waals surface area contributed by atoms with Crippen molar-refractivity contribution in [3.63, 3.8) is 0 Å². The Morgan fingerprint density at radius 1 is 0.727 bits per heavy atom. The van der Waals surface area contributed by atoms with Gasteiger partial charge in [0, 0.05) is 23.5 Å². The average Bonchev–Trinajstić information content (AvgIpc) is 2.84. The summed E-state index contributed by atoms with van der Waals surface area (Å²) in [6.45, 7) is 5.58. The second-order valence-electron chi connectivity index (χ2n) is 7.56. The smallest absolute Gasteiger partial charge is 0.134 e. The van der Waals surface area contributed by atoms with Gasteiger partial charge in [0.1, 0.15) is 28.7 Å². The van der Waals surface area contributed by atoms with Crippen molar-refractivity contribution in [3.8, 4) is 28.7 Å². The van der Waals surface area contributed by atoms with Crippen molar-refractivity contribution in [2.75, 3.05) is 34.5 Å². The maximum Gasteiger partial charge on any atom is 0.134 e. The lowest BCUT2D eigenvalue weighted by atomic mass is 10.1. The van der Waals surface area contributed by atoms with Crippen LogP contribution in [0, 0.1) is 0 Å². The molecule has 0 N–H and O–H groups in total. The highest BCUT2D eigenvalue weighted by molar-refractivity contribution is 7.49. The van der Waals surface area contributed by atoms with Crippen LogP contribution in [0.5, 0.6) is 28.7 Å². The molecule has 6 nitrogen and oxygen atoms in total. The third-order valence-corrected chi connectivity index (χ3v) is 6.14. The summed E-state index contributed by atoms with van der Waals surface area (Å²) >= 11 is 0. The Bertz CT molecular complexity index is 871. The van der Waals surface area contributed by atoms with Crippen molar-refractivity contribution in [2.24, 2.45) is 0 Å². The Morgan fingerprint density at radius 2 is 1.30 bits per heavy atom. The van der Waals surface area contributed by atoms with E-state index in [1.54, 1.807) is 19.2 Å². The van der Waals surface area contributed by atoms with Gasteiger partial charge < -0.3 is 28.8 Å². The van der Waals surface area contributed by atoms with Crippen LogP contribution in [-0.4, -0.2) is 40.0 Å². The predicted molar refractivity (Wildman–Crippen MR) is 133 cm³/mol. The zero-order chi connectivity index (χ0) is 24.1. The molecule has 0 saturated carbocycles. The van der Waals surface area contributed by atoms with E-state index in [-0.39, 0.29) is 5.48 Å². The number of ether oxygens (including phenoxy) is 5. The SMILES string of the molecule is CCCCCOc1ccc(P=C([O-])c2c(OC)cc(OC)cc2OC)c(OCCCCC)c1. The molecule has 0 amide bonds. The summed E-state index contributed by atoms with van der Waals surface area (Å²) in [6, 6.07) is 9.03. The number of hydrogen-bond donors (Lipinski definition) is 0. The molecule has 2 aromatic carbocycles. The topological polar surface area (TPSA) is 69.2 Å². The van der Waals surface area contributed by atoms with Crippen molar-refractivity contribution in [3.05, 3.63) is 35.9 Å². The number of hydrogen-bond acceptors (Lipinski definition) is 6. The fraction of sp³-hybridized carbons (Fsp3) is 0.500. The van der Waals surface area contributed by atoms with Crippen LogP contribution in [0.15, 0.2) is 30.3 Å². The molecule has 2 aromatic rings. The number of methoxy groups -OCH3 is 3. The van der Waals surface area contributed by atoms with E-state index in [9.17, 15) is 5.11 Å². The highest BCUT2D eigenvalue weighted by atomic mass is 31.1. The molecular formula is C26H36O6P-. The lowest BCUT2D eigenvalue weighted by Crippen LogP contribution is -2.20. The molecule has 0 radical (unpaired) electrons. The fourth-order valence-electron chi connectivity index (χ4n) is 3.25. The van der Waals surface area contributed by atoms with Crippen LogP contribution in [0.25, 0.3) is 0 Å². The molecular weight excluding hydrogens is 439 g/mol. The van der Waals surface area contributed by atoms with Gasteiger partial charge in [0.05, 0.1) is 40.1 Å². The Balaban J connectivity index is 2.38. The van der Waals surface area contributed by atoms with E-state index in [4.69, 9.17) is 23.7 Å². The first-order chi connectivity index (χ1) is 16.1. The molecule has 0 aliphatic heterocycles. The van der Waals surface area contributed by atoms with Crippen molar-refractivity contribution >= 4 is 19.0 Å². The van der Waals surface area contributed by atoms with E-state index < -0.39 is 0 Å². The van der Waals surface area contributed by atoms with Crippen LogP contribution in [0.3, 0.4) is 0 Å². The van der Waals surface area contributed by atoms with Crippen LogP contribution in [0.2, 0.25) is 0 Å². The molecule has 182 valence electrons. The second-order valence-corrected chi connectivity index (χ2v) is 8.68. The first kappa shape index (κ1) is 26.8. The summed E-state index contributed by atoms with van der Waals surface area (Å²) in [5.74, 6) is 2.79. The molecule has 0 fully saturated rings. The van der Waals surface area contributed by atoms with Crippen LogP contribution in [0.1, 0.15) is 57.9 Å². The van der Waals surface area contributed by atoms with Gasteiger partial charge >= 0.3 is 0 Å². The zero-order valence-corrected chi connectivity index (χ0v) is 21.3. The van der Waals surface area contributed by atoms with Gasteiger partial charge in [0.15, 0.2) is 0 Å². The lowest BCUT2D eigenvalue weighted by Gasteiger charge is -2.21. The van der Waals surface area contributed by atoms with Gasteiger partial charge in [-0.25, -0.2) is 0 Å². The number of unbranched alkanes of at least 4 members (excludes halogenated alkanes) is 4. The van der Waals surface area contributed by atoms with Gasteiger partial charge in [-0.1, -0.05) is 53.2 Å². The van der Waals surface area contributed by atoms with Crippen molar-refractivity contribution in [1.82, 2.24) is 0 Å². The van der Waals surface area contributed by atoms with Gasteiger partial charge in [-0.05, 0) is 25.0 Å². The Hall–Kier alpha value is -2.43. The third-order valence-electron chi connectivity index (χ3n) is 5.10. The largest absolute Gasteiger partial charge is 0.823 e. The molecule has 7 heteroatoms. The Kier molecular flexibility index (Phi) is 11.9. The Labute approximate surface area is 199 Å². The molecule has 0 spiro atoms. The second kappa shape index (κ2) is 14.7. The van der Waals surface area contributed by atoms with E-state index in [0.29, 0.717) is 50.0 Å². The molecule has 0 bridgehead atoms. The molecule has 0 unspecified atom stereocenters. The highest BCUT2D eigenvalue weighted by Gasteiger charge is 2.14.